The molecule has 0 aliphatic carbocycles. The smallest absolute Gasteiger partial charge is 0.408 e. The number of alkyl carbamates (subject to hydrolysis) is 1. The number of rotatable bonds is 11. The summed E-state index contributed by atoms with van der Waals surface area (Å²) in [5.74, 6) is -0.420. The monoisotopic (exact) mass is 654 g/mol. The van der Waals surface area contributed by atoms with Crippen molar-refractivity contribution in [3.63, 3.8) is 0 Å². The van der Waals surface area contributed by atoms with Crippen molar-refractivity contribution in [1.82, 2.24) is 15.6 Å². The van der Waals surface area contributed by atoms with E-state index in [1.165, 1.54) is 11.3 Å². The Morgan fingerprint density at radius 1 is 0.909 bits per heavy atom. The second-order valence-electron chi connectivity index (χ2n) is 13.3. The summed E-state index contributed by atoms with van der Waals surface area (Å²) in [6.45, 7) is 17.8. The number of aromatic nitrogens is 1. The molecule has 0 radical (unpaired) electrons. The molecule has 0 spiro atoms. The van der Waals surface area contributed by atoms with E-state index in [1.54, 1.807) is 26.2 Å². The van der Waals surface area contributed by atoms with E-state index in [0.717, 1.165) is 10.4 Å². The zero-order valence-electron chi connectivity index (χ0n) is 27.1. The Kier molecular flexibility index (Phi) is 11.5. The van der Waals surface area contributed by atoms with Gasteiger partial charge in [-0.3, -0.25) is 4.79 Å². The van der Waals surface area contributed by atoms with E-state index >= 15 is 0 Å². The van der Waals surface area contributed by atoms with E-state index in [9.17, 15) is 9.59 Å². The number of nitrogens with two attached hydrogens (primary N) is 1. The first kappa shape index (κ1) is 35.4. The van der Waals surface area contributed by atoms with Gasteiger partial charge in [-0.1, -0.05) is 108 Å². The van der Waals surface area contributed by atoms with E-state index < -0.39 is 44.1 Å². The van der Waals surface area contributed by atoms with Crippen molar-refractivity contribution in [3.05, 3.63) is 76.7 Å². The molecule has 238 valence electrons. The second-order valence-corrected chi connectivity index (χ2v) is 18.9. The van der Waals surface area contributed by atoms with Gasteiger partial charge in [0.1, 0.15) is 22.3 Å². The third kappa shape index (κ3) is 8.53. The molecule has 44 heavy (non-hydrogen) atoms. The summed E-state index contributed by atoms with van der Waals surface area (Å²) >= 11 is 6.76. The number of hydrogen-bond donors (Lipinski definition) is 3. The zero-order valence-corrected chi connectivity index (χ0v) is 29.8. The molecule has 0 aliphatic heterocycles. The minimum atomic E-state index is -2.94. The maximum absolute atomic E-state index is 13.5. The topological polar surface area (TPSA) is 116 Å². The molecule has 8 nitrogen and oxygen atoms in total. The summed E-state index contributed by atoms with van der Waals surface area (Å²) < 4.78 is 12.6. The van der Waals surface area contributed by atoms with Gasteiger partial charge in [-0.15, -0.1) is 11.3 Å². The minimum absolute atomic E-state index is 0.00817. The lowest BCUT2D eigenvalue weighted by molar-refractivity contribution is 0.0489. The van der Waals surface area contributed by atoms with Gasteiger partial charge in [-0.2, -0.15) is 0 Å². The highest BCUT2D eigenvalue weighted by Gasteiger charge is 2.52. The number of thiazole rings is 1. The predicted octanol–water partition coefficient (Wildman–Crippen LogP) is 5.71. The summed E-state index contributed by atoms with van der Waals surface area (Å²) in [5.41, 5.74) is 5.81. The number of hydrogen-bond acceptors (Lipinski definition) is 7. The zero-order chi connectivity index (χ0) is 32.9. The van der Waals surface area contributed by atoms with E-state index in [-0.39, 0.29) is 21.6 Å². The van der Waals surface area contributed by atoms with Gasteiger partial charge in [0.15, 0.2) is 0 Å². The second kappa shape index (κ2) is 14.3. The van der Waals surface area contributed by atoms with Gasteiger partial charge in [0.2, 0.25) is 0 Å². The molecule has 3 rings (SSSR count). The Morgan fingerprint density at radius 2 is 1.43 bits per heavy atom. The van der Waals surface area contributed by atoms with Crippen LogP contribution in [0.1, 0.15) is 83.9 Å². The van der Waals surface area contributed by atoms with Gasteiger partial charge in [0, 0.05) is 5.38 Å². The lowest BCUT2D eigenvalue weighted by Gasteiger charge is -2.45. The highest BCUT2D eigenvalue weighted by atomic mass is 32.1. The number of benzene rings is 2. The third-order valence-corrected chi connectivity index (χ3v) is 13.5. The first-order valence-electron chi connectivity index (χ1n) is 14.8. The van der Waals surface area contributed by atoms with Gasteiger partial charge < -0.3 is 25.5 Å². The average Bonchev–Trinajstić information content (AvgIpc) is 3.42. The highest BCUT2D eigenvalue weighted by Crippen LogP contribution is 2.38. The first-order chi connectivity index (χ1) is 20.5. The van der Waals surface area contributed by atoms with Crippen molar-refractivity contribution in [2.45, 2.75) is 91.1 Å². The molecule has 0 saturated heterocycles. The van der Waals surface area contributed by atoms with Crippen LogP contribution in [-0.2, 0) is 9.16 Å². The molecule has 4 N–H and O–H groups in total. The summed E-state index contributed by atoms with van der Waals surface area (Å²) in [5, 5.41) is 10.1. The largest absolute Gasteiger partial charge is 0.444 e. The fourth-order valence-corrected chi connectivity index (χ4v) is 11.1. The van der Waals surface area contributed by atoms with E-state index in [2.05, 4.69) is 60.7 Å². The molecule has 3 aromatic rings. The van der Waals surface area contributed by atoms with E-state index in [0.29, 0.717) is 5.01 Å². The number of nitrogens with zero attached hydrogens (tertiary/aromatic N) is 1. The molecule has 1 heterocycles. The van der Waals surface area contributed by atoms with Gasteiger partial charge in [0.25, 0.3) is 14.2 Å². The lowest BCUT2D eigenvalue weighted by Crippen LogP contribution is -2.69. The fourth-order valence-electron chi connectivity index (χ4n) is 5.16. The van der Waals surface area contributed by atoms with Crippen molar-refractivity contribution >= 4 is 59.2 Å². The Morgan fingerprint density at radius 3 is 1.86 bits per heavy atom. The highest BCUT2D eigenvalue weighted by molar-refractivity contribution is 7.80. The quantitative estimate of drug-likeness (QED) is 0.179. The van der Waals surface area contributed by atoms with Crippen LogP contribution < -0.4 is 26.7 Å². The molecular weight excluding hydrogens is 609 g/mol. The molecule has 0 saturated carbocycles. The van der Waals surface area contributed by atoms with Crippen molar-refractivity contribution < 1.29 is 18.8 Å². The predicted molar refractivity (Wildman–Crippen MR) is 185 cm³/mol. The van der Waals surface area contributed by atoms with Crippen LogP contribution >= 0.6 is 23.6 Å². The third-order valence-electron chi connectivity index (χ3n) is 7.20. The van der Waals surface area contributed by atoms with Crippen molar-refractivity contribution in [1.29, 1.82) is 0 Å². The normalized spacial score (nSPS) is 14.4. The van der Waals surface area contributed by atoms with Crippen LogP contribution in [0.15, 0.2) is 66.0 Å². The van der Waals surface area contributed by atoms with Crippen LogP contribution in [0, 0.1) is 5.92 Å². The van der Waals surface area contributed by atoms with Gasteiger partial charge in [-0.05, 0) is 49.0 Å². The summed E-state index contributed by atoms with van der Waals surface area (Å²) in [6, 6.07) is 19.3. The number of ether oxygens (including phenoxy) is 1. The first-order valence-corrected chi connectivity index (χ1v) is 18.0. The van der Waals surface area contributed by atoms with Crippen molar-refractivity contribution in [3.8, 4) is 0 Å². The molecule has 2 aromatic carbocycles. The standard InChI is InChI=1S/C33H46N4O4S2Si/c1-21(2)26(37-31(39)40-32(4,5)6)30-35-25(20-43-30)29(38)36-27(28(34)42)22(3)41-44(33(7,8)9,23-16-12-10-13-17-23)24-18-14-11-15-19-24/h10-22,26-27H,1-9H3,(H2,34,42)(H,36,38)(H,37,39)/t22-,26-,27+/m1/s1. The molecule has 0 bridgehead atoms. The summed E-state index contributed by atoms with van der Waals surface area (Å²) in [4.78, 5) is 30.7. The SMILES string of the molecule is CC(C)[C@@H](NC(=O)OC(C)(C)C)c1nc(C(=O)N[C@H](C(N)=S)[C@@H](C)O[Si](c2ccccc2)(c2ccccc2)C(C)(C)C)cs1. The van der Waals surface area contributed by atoms with Crippen LogP contribution in [0.4, 0.5) is 4.79 Å². The maximum Gasteiger partial charge on any atom is 0.408 e. The van der Waals surface area contributed by atoms with Gasteiger partial charge >= 0.3 is 6.09 Å². The lowest BCUT2D eigenvalue weighted by atomic mass is 10.1. The maximum atomic E-state index is 13.5. The van der Waals surface area contributed by atoms with Crippen LogP contribution in [0.5, 0.6) is 0 Å². The van der Waals surface area contributed by atoms with Crippen LogP contribution in [0.2, 0.25) is 5.04 Å². The molecule has 0 aliphatic rings. The van der Waals surface area contributed by atoms with Crippen LogP contribution in [0.3, 0.4) is 0 Å². The van der Waals surface area contributed by atoms with E-state index in [4.69, 9.17) is 27.1 Å². The molecular formula is C33H46N4O4S2Si. The molecule has 3 atom stereocenters. The fraction of sp³-hybridized carbons (Fsp3) is 0.455. The summed E-state index contributed by atoms with van der Waals surface area (Å²) in [6.07, 6.45) is -1.10. The number of carbonyl (C=O) groups is 2. The Bertz CT molecular complexity index is 1380. The number of carbonyl (C=O) groups excluding carboxylic acids is 2. The summed E-state index contributed by atoms with van der Waals surface area (Å²) in [7, 11) is -2.94. The Balaban J connectivity index is 1.90. The van der Waals surface area contributed by atoms with Gasteiger partial charge in [0.05, 0.1) is 17.1 Å². The molecule has 1 aromatic heterocycles. The Labute approximate surface area is 272 Å². The molecule has 11 heteroatoms. The van der Waals surface area contributed by atoms with Gasteiger partial charge in [-0.25, -0.2) is 9.78 Å². The average molecular weight is 655 g/mol. The molecule has 0 fully saturated rings. The van der Waals surface area contributed by atoms with Crippen molar-refractivity contribution in [2.24, 2.45) is 11.7 Å². The minimum Gasteiger partial charge on any atom is -0.444 e. The number of thiocarbonyl (C=S) groups is 1. The molecule has 2 amide bonds. The van der Waals surface area contributed by atoms with Crippen LogP contribution in [0.25, 0.3) is 0 Å². The Hall–Kier alpha value is -3.12. The number of nitrogens with one attached hydrogen (secondary N) is 2. The number of amides is 2. The van der Waals surface area contributed by atoms with Crippen molar-refractivity contribution in [2.75, 3.05) is 0 Å². The van der Waals surface area contributed by atoms with E-state index in [1.807, 2.05) is 57.2 Å². The molecule has 0 unspecified atom stereocenters. The van der Waals surface area contributed by atoms with Crippen LogP contribution in [-0.4, -0.2) is 48.0 Å².